The Hall–Kier alpha value is -0.120. The Labute approximate surface area is 130 Å². The molecule has 0 aromatic heterocycles. The molecule has 3 nitrogen and oxygen atoms in total. The Morgan fingerprint density at radius 3 is 2.76 bits per heavy atom. The van der Waals surface area contributed by atoms with Gasteiger partial charge in [-0.25, -0.2) is 0 Å². The topological polar surface area (TPSA) is 38.5 Å². The van der Waals surface area contributed by atoms with Crippen LogP contribution < -0.4 is 5.73 Å². The number of hydrogen-bond donors (Lipinski definition) is 1. The van der Waals surface area contributed by atoms with Gasteiger partial charge in [0.1, 0.15) is 0 Å². The first-order chi connectivity index (χ1) is 10.3. The molecular weight excluding hydrogens is 260 g/mol. The lowest BCUT2D eigenvalue weighted by Crippen LogP contribution is -2.59. The average molecular weight is 294 g/mol. The van der Waals surface area contributed by atoms with Crippen LogP contribution in [0.3, 0.4) is 0 Å². The molecule has 3 fully saturated rings. The highest BCUT2D eigenvalue weighted by molar-refractivity contribution is 4.95. The van der Waals surface area contributed by atoms with E-state index in [-0.39, 0.29) is 0 Å². The molecule has 21 heavy (non-hydrogen) atoms. The standard InChI is InChI=1S/C18H34N2O/c1-2-5-14-8-9-15(13-19)17(12-14)20-10-11-21-18-7-4-3-6-16(18)20/h14-18H,2-13,19H2,1H3. The second kappa shape index (κ2) is 7.43. The molecule has 0 aromatic carbocycles. The summed E-state index contributed by atoms with van der Waals surface area (Å²) in [6.45, 7) is 5.28. The maximum absolute atomic E-state index is 6.13. The summed E-state index contributed by atoms with van der Waals surface area (Å²) in [6.07, 6.45) is 12.8. The van der Waals surface area contributed by atoms with Crippen LogP contribution in [0.4, 0.5) is 0 Å². The molecule has 3 rings (SSSR count). The molecule has 2 saturated carbocycles. The number of morpholine rings is 1. The number of nitrogens with two attached hydrogens (primary N) is 1. The van der Waals surface area contributed by atoms with E-state index in [0.717, 1.165) is 37.6 Å². The van der Waals surface area contributed by atoms with Gasteiger partial charge in [0.2, 0.25) is 0 Å². The summed E-state index contributed by atoms with van der Waals surface area (Å²) >= 11 is 0. The average Bonchev–Trinajstić information content (AvgIpc) is 2.54. The Morgan fingerprint density at radius 2 is 1.95 bits per heavy atom. The molecule has 0 amide bonds. The third-order valence-corrected chi connectivity index (χ3v) is 6.27. The molecule has 0 bridgehead atoms. The summed E-state index contributed by atoms with van der Waals surface area (Å²) < 4.78 is 6.07. The fourth-order valence-electron chi connectivity index (χ4n) is 5.18. The Kier molecular flexibility index (Phi) is 5.58. The smallest absolute Gasteiger partial charge is 0.0731 e. The van der Waals surface area contributed by atoms with Crippen LogP contribution >= 0.6 is 0 Å². The van der Waals surface area contributed by atoms with Gasteiger partial charge in [0.25, 0.3) is 0 Å². The zero-order valence-electron chi connectivity index (χ0n) is 13.8. The van der Waals surface area contributed by atoms with Gasteiger partial charge in [-0.2, -0.15) is 0 Å². The molecule has 3 aliphatic rings. The van der Waals surface area contributed by atoms with Crippen LogP contribution in [0.5, 0.6) is 0 Å². The van der Waals surface area contributed by atoms with Crippen molar-refractivity contribution < 1.29 is 4.74 Å². The zero-order valence-corrected chi connectivity index (χ0v) is 13.8. The second-order valence-electron chi connectivity index (χ2n) is 7.53. The second-order valence-corrected chi connectivity index (χ2v) is 7.53. The molecule has 122 valence electrons. The molecule has 1 aliphatic heterocycles. The van der Waals surface area contributed by atoms with Crippen molar-refractivity contribution in [3.8, 4) is 0 Å². The van der Waals surface area contributed by atoms with Crippen molar-refractivity contribution >= 4 is 0 Å². The van der Waals surface area contributed by atoms with Gasteiger partial charge in [-0.3, -0.25) is 4.90 Å². The molecule has 0 spiro atoms. The van der Waals surface area contributed by atoms with Gasteiger partial charge in [0.15, 0.2) is 0 Å². The van der Waals surface area contributed by atoms with Crippen LogP contribution in [0.1, 0.15) is 64.7 Å². The molecule has 0 aromatic rings. The molecular formula is C18H34N2O. The SMILES string of the molecule is CCCC1CCC(CN)C(N2CCOC3CCCCC32)C1. The van der Waals surface area contributed by atoms with Crippen LogP contribution in [0.15, 0.2) is 0 Å². The normalized spacial score (nSPS) is 41.7. The fourth-order valence-corrected chi connectivity index (χ4v) is 5.18. The van der Waals surface area contributed by atoms with Crippen molar-refractivity contribution in [1.82, 2.24) is 4.90 Å². The maximum Gasteiger partial charge on any atom is 0.0731 e. The molecule has 5 atom stereocenters. The number of nitrogens with zero attached hydrogens (tertiary/aromatic N) is 1. The lowest BCUT2D eigenvalue weighted by Gasteiger charge is -2.51. The van der Waals surface area contributed by atoms with Crippen molar-refractivity contribution in [1.29, 1.82) is 0 Å². The number of rotatable bonds is 4. The molecule has 0 radical (unpaired) electrons. The number of hydrogen-bond acceptors (Lipinski definition) is 3. The Balaban J connectivity index is 1.71. The van der Waals surface area contributed by atoms with Crippen LogP contribution in [0.2, 0.25) is 0 Å². The molecule has 2 N–H and O–H groups in total. The minimum absolute atomic E-state index is 0.512. The predicted molar refractivity (Wildman–Crippen MR) is 87.3 cm³/mol. The van der Waals surface area contributed by atoms with E-state index in [1.807, 2.05) is 0 Å². The van der Waals surface area contributed by atoms with Gasteiger partial charge in [-0.05, 0) is 44.1 Å². The Bertz CT molecular complexity index is 320. The van der Waals surface area contributed by atoms with Crippen LogP contribution in [-0.4, -0.2) is 42.8 Å². The van der Waals surface area contributed by atoms with E-state index in [9.17, 15) is 0 Å². The summed E-state index contributed by atoms with van der Waals surface area (Å²) in [7, 11) is 0. The first kappa shape index (κ1) is 15.8. The maximum atomic E-state index is 6.13. The molecule has 5 unspecified atom stereocenters. The van der Waals surface area contributed by atoms with Crippen molar-refractivity contribution in [2.45, 2.75) is 82.9 Å². The first-order valence-electron chi connectivity index (χ1n) is 9.41. The first-order valence-corrected chi connectivity index (χ1v) is 9.41. The number of ether oxygens (including phenoxy) is 1. The third-order valence-electron chi connectivity index (χ3n) is 6.27. The van der Waals surface area contributed by atoms with Crippen molar-refractivity contribution in [3.05, 3.63) is 0 Å². The van der Waals surface area contributed by atoms with E-state index >= 15 is 0 Å². The minimum atomic E-state index is 0.512. The fraction of sp³-hybridized carbons (Fsp3) is 1.00. The van der Waals surface area contributed by atoms with Gasteiger partial charge >= 0.3 is 0 Å². The highest BCUT2D eigenvalue weighted by atomic mass is 16.5. The minimum Gasteiger partial charge on any atom is -0.375 e. The van der Waals surface area contributed by atoms with Crippen LogP contribution in [0.25, 0.3) is 0 Å². The summed E-state index contributed by atoms with van der Waals surface area (Å²) in [5, 5.41) is 0. The van der Waals surface area contributed by atoms with Gasteiger partial charge in [-0.15, -0.1) is 0 Å². The van der Waals surface area contributed by atoms with E-state index in [4.69, 9.17) is 10.5 Å². The zero-order chi connectivity index (χ0) is 14.7. The molecule has 1 saturated heterocycles. The lowest BCUT2D eigenvalue weighted by molar-refractivity contribution is -0.117. The summed E-state index contributed by atoms with van der Waals surface area (Å²) in [5.74, 6) is 1.66. The monoisotopic (exact) mass is 294 g/mol. The van der Waals surface area contributed by atoms with E-state index in [1.165, 1.54) is 57.8 Å². The third kappa shape index (κ3) is 3.46. The van der Waals surface area contributed by atoms with E-state index in [2.05, 4.69) is 11.8 Å². The number of fused-ring (bicyclic) bond motifs is 1. The predicted octanol–water partition coefficient (Wildman–Crippen LogP) is 3.17. The van der Waals surface area contributed by atoms with Crippen molar-refractivity contribution in [2.24, 2.45) is 17.6 Å². The van der Waals surface area contributed by atoms with Gasteiger partial charge in [0.05, 0.1) is 12.7 Å². The van der Waals surface area contributed by atoms with Gasteiger partial charge in [0, 0.05) is 18.6 Å². The van der Waals surface area contributed by atoms with Crippen molar-refractivity contribution in [2.75, 3.05) is 19.7 Å². The van der Waals surface area contributed by atoms with E-state index in [1.54, 1.807) is 0 Å². The highest BCUT2D eigenvalue weighted by Gasteiger charge is 2.41. The summed E-state index contributed by atoms with van der Waals surface area (Å²) in [4.78, 5) is 2.84. The van der Waals surface area contributed by atoms with E-state index < -0.39 is 0 Å². The van der Waals surface area contributed by atoms with Crippen LogP contribution in [0, 0.1) is 11.8 Å². The molecule has 3 heteroatoms. The highest BCUT2D eigenvalue weighted by Crippen LogP contribution is 2.38. The van der Waals surface area contributed by atoms with E-state index in [0.29, 0.717) is 12.1 Å². The largest absolute Gasteiger partial charge is 0.375 e. The van der Waals surface area contributed by atoms with Crippen molar-refractivity contribution in [3.63, 3.8) is 0 Å². The lowest BCUT2D eigenvalue weighted by atomic mass is 9.74. The van der Waals surface area contributed by atoms with Crippen LogP contribution in [-0.2, 0) is 4.74 Å². The van der Waals surface area contributed by atoms with Gasteiger partial charge in [-0.1, -0.05) is 39.0 Å². The summed E-state index contributed by atoms with van der Waals surface area (Å²) in [6, 6.07) is 1.42. The molecule has 2 aliphatic carbocycles. The Morgan fingerprint density at radius 1 is 1.10 bits per heavy atom. The quantitative estimate of drug-likeness (QED) is 0.865. The summed E-state index contributed by atoms with van der Waals surface area (Å²) in [5.41, 5.74) is 6.13. The van der Waals surface area contributed by atoms with Gasteiger partial charge < -0.3 is 10.5 Å². The molecule has 1 heterocycles.